The van der Waals surface area contributed by atoms with Gasteiger partial charge in [-0.05, 0) is 12.2 Å². The SMILES string of the molecule is Nc1ncnc2c1[nH]c(=S)n2C1OC(CO)C(O)C1O. The quantitative estimate of drug-likeness (QED) is 0.430. The third kappa shape index (κ3) is 1.81. The highest BCUT2D eigenvalue weighted by Gasteiger charge is 2.44. The van der Waals surface area contributed by atoms with Crippen molar-refractivity contribution < 1.29 is 20.1 Å². The lowest BCUT2D eigenvalue weighted by atomic mass is 10.1. The first-order valence-electron chi connectivity index (χ1n) is 5.87. The maximum absolute atomic E-state index is 10.0. The van der Waals surface area contributed by atoms with Gasteiger partial charge in [-0.2, -0.15) is 0 Å². The van der Waals surface area contributed by atoms with Crippen molar-refractivity contribution in [3.63, 3.8) is 0 Å². The van der Waals surface area contributed by atoms with E-state index in [9.17, 15) is 10.2 Å². The van der Waals surface area contributed by atoms with Crippen molar-refractivity contribution in [1.29, 1.82) is 0 Å². The lowest BCUT2D eigenvalue weighted by Crippen LogP contribution is -2.33. The van der Waals surface area contributed by atoms with Crippen LogP contribution in [0.1, 0.15) is 6.23 Å². The number of ether oxygens (including phenoxy) is 1. The molecule has 1 aliphatic heterocycles. The zero-order chi connectivity index (χ0) is 14.4. The van der Waals surface area contributed by atoms with Crippen LogP contribution in [0.5, 0.6) is 0 Å². The van der Waals surface area contributed by atoms with E-state index in [0.717, 1.165) is 0 Å². The first kappa shape index (κ1) is 13.4. The highest BCUT2D eigenvalue weighted by atomic mass is 32.1. The molecular formula is C10H13N5O4S. The number of fused-ring (bicyclic) bond motifs is 1. The van der Waals surface area contributed by atoms with Crippen molar-refractivity contribution in [3.05, 3.63) is 11.1 Å². The van der Waals surface area contributed by atoms with E-state index >= 15 is 0 Å². The van der Waals surface area contributed by atoms with Crippen molar-refractivity contribution in [2.45, 2.75) is 24.5 Å². The minimum Gasteiger partial charge on any atom is -0.394 e. The number of aliphatic hydroxyl groups excluding tert-OH is 3. The van der Waals surface area contributed by atoms with Crippen LogP contribution < -0.4 is 5.73 Å². The summed E-state index contributed by atoms with van der Waals surface area (Å²) in [4.78, 5) is 10.7. The van der Waals surface area contributed by atoms with Gasteiger partial charge in [0.15, 0.2) is 22.5 Å². The molecule has 2 aromatic rings. The Balaban J connectivity index is 2.14. The Morgan fingerprint density at radius 1 is 1.40 bits per heavy atom. The normalized spacial score (nSPS) is 30.1. The summed E-state index contributed by atoms with van der Waals surface area (Å²) in [7, 11) is 0. The molecule has 4 unspecified atom stereocenters. The van der Waals surface area contributed by atoms with E-state index < -0.39 is 31.1 Å². The number of nitrogens with zero attached hydrogens (tertiary/aromatic N) is 3. The number of nitrogens with two attached hydrogens (primary N) is 1. The molecule has 4 atom stereocenters. The summed E-state index contributed by atoms with van der Waals surface area (Å²) in [6.45, 7) is -0.415. The zero-order valence-corrected chi connectivity index (χ0v) is 11.0. The van der Waals surface area contributed by atoms with E-state index in [0.29, 0.717) is 11.2 Å². The Morgan fingerprint density at radius 2 is 2.15 bits per heavy atom. The predicted molar refractivity (Wildman–Crippen MR) is 70.1 cm³/mol. The standard InChI is InChI=1S/C10H13N5O4S/c11-7-4-8(13-2-12-7)15(10(20)14-4)9-6(18)5(17)3(1-16)19-9/h2-3,5-6,9,16-18H,1H2,(H,14,20)(H2,11,12,13). The molecule has 0 saturated carbocycles. The topological polar surface area (TPSA) is 142 Å². The highest BCUT2D eigenvalue weighted by Crippen LogP contribution is 2.32. The van der Waals surface area contributed by atoms with E-state index in [4.69, 9.17) is 27.8 Å². The molecule has 0 aromatic carbocycles. The molecular weight excluding hydrogens is 286 g/mol. The average molecular weight is 299 g/mol. The van der Waals surface area contributed by atoms with Crippen LogP contribution in [0.2, 0.25) is 0 Å². The van der Waals surface area contributed by atoms with Crippen LogP contribution in [0.15, 0.2) is 6.33 Å². The molecule has 0 amide bonds. The number of nitrogen functional groups attached to an aromatic ring is 1. The number of aliphatic hydroxyl groups is 3. The summed E-state index contributed by atoms with van der Waals surface area (Å²) in [5.74, 6) is 0.214. The van der Waals surface area contributed by atoms with Gasteiger partial charge < -0.3 is 30.8 Å². The number of aromatic nitrogens is 4. The highest BCUT2D eigenvalue weighted by molar-refractivity contribution is 7.71. The number of nitrogens with one attached hydrogen (secondary N) is 1. The number of hydrogen-bond donors (Lipinski definition) is 5. The lowest BCUT2D eigenvalue weighted by molar-refractivity contribution is -0.0517. The zero-order valence-electron chi connectivity index (χ0n) is 10.2. The number of imidazole rings is 1. The summed E-state index contributed by atoms with van der Waals surface area (Å²) < 4.78 is 7.07. The van der Waals surface area contributed by atoms with E-state index in [1.54, 1.807) is 0 Å². The summed E-state index contributed by atoms with van der Waals surface area (Å²) in [5, 5.41) is 28.9. The van der Waals surface area contributed by atoms with Gasteiger partial charge in [0.1, 0.15) is 30.2 Å². The summed E-state index contributed by atoms with van der Waals surface area (Å²) in [6.07, 6.45) is -3.04. The minimum absolute atomic E-state index is 0.214. The lowest BCUT2D eigenvalue weighted by Gasteiger charge is -2.16. The fourth-order valence-electron chi connectivity index (χ4n) is 2.28. The predicted octanol–water partition coefficient (Wildman–Crippen LogP) is -1.32. The summed E-state index contributed by atoms with van der Waals surface area (Å²) >= 11 is 5.16. The molecule has 10 heteroatoms. The second kappa shape index (κ2) is 4.75. The molecule has 9 nitrogen and oxygen atoms in total. The molecule has 2 aromatic heterocycles. The van der Waals surface area contributed by atoms with E-state index in [1.807, 2.05) is 0 Å². The molecule has 108 valence electrons. The Morgan fingerprint density at radius 3 is 2.80 bits per heavy atom. The molecule has 3 rings (SSSR count). The van der Waals surface area contributed by atoms with Crippen LogP contribution in [-0.2, 0) is 4.74 Å². The molecule has 0 radical (unpaired) electrons. The van der Waals surface area contributed by atoms with Gasteiger partial charge in [-0.15, -0.1) is 0 Å². The van der Waals surface area contributed by atoms with E-state index in [1.165, 1.54) is 10.9 Å². The Hall–Kier alpha value is -1.59. The Labute approximate surface area is 117 Å². The van der Waals surface area contributed by atoms with Crippen LogP contribution in [0.4, 0.5) is 5.82 Å². The van der Waals surface area contributed by atoms with E-state index in [2.05, 4.69) is 15.0 Å². The Kier molecular flexibility index (Phi) is 3.18. The Bertz CT molecular complexity index is 701. The van der Waals surface area contributed by atoms with E-state index in [-0.39, 0.29) is 10.6 Å². The van der Waals surface area contributed by atoms with Crippen LogP contribution in [0.25, 0.3) is 11.2 Å². The number of anilines is 1. The molecule has 3 heterocycles. The number of hydrogen-bond acceptors (Lipinski definition) is 8. The molecule has 0 bridgehead atoms. The van der Waals surface area contributed by atoms with Gasteiger partial charge >= 0.3 is 0 Å². The van der Waals surface area contributed by atoms with Gasteiger partial charge in [-0.25, -0.2) is 9.97 Å². The van der Waals surface area contributed by atoms with Crippen LogP contribution in [0.3, 0.4) is 0 Å². The van der Waals surface area contributed by atoms with Crippen LogP contribution >= 0.6 is 12.2 Å². The van der Waals surface area contributed by atoms with Crippen LogP contribution in [-0.4, -0.2) is 59.8 Å². The van der Waals surface area contributed by atoms with Crippen molar-refractivity contribution >= 4 is 29.2 Å². The maximum Gasteiger partial charge on any atom is 0.181 e. The molecule has 1 saturated heterocycles. The fraction of sp³-hybridized carbons (Fsp3) is 0.500. The molecule has 1 aliphatic rings. The van der Waals surface area contributed by atoms with Crippen molar-refractivity contribution in [2.24, 2.45) is 0 Å². The average Bonchev–Trinajstić information content (AvgIpc) is 2.90. The third-order valence-electron chi connectivity index (χ3n) is 3.31. The summed E-state index contributed by atoms with van der Waals surface area (Å²) in [6, 6.07) is 0. The number of H-pyrrole nitrogens is 1. The van der Waals surface area contributed by atoms with Gasteiger partial charge in [0, 0.05) is 0 Å². The largest absolute Gasteiger partial charge is 0.394 e. The first-order valence-corrected chi connectivity index (χ1v) is 6.28. The first-order chi connectivity index (χ1) is 9.54. The molecule has 20 heavy (non-hydrogen) atoms. The smallest absolute Gasteiger partial charge is 0.181 e. The molecule has 1 fully saturated rings. The second-order valence-corrected chi connectivity index (χ2v) is 4.87. The minimum atomic E-state index is -1.24. The summed E-state index contributed by atoms with van der Waals surface area (Å²) in [5.41, 5.74) is 6.50. The number of aromatic amines is 1. The maximum atomic E-state index is 10.0. The van der Waals surface area contributed by atoms with Gasteiger partial charge in [-0.3, -0.25) is 4.57 Å². The van der Waals surface area contributed by atoms with Gasteiger partial charge in [0.25, 0.3) is 0 Å². The molecule has 0 spiro atoms. The van der Waals surface area contributed by atoms with Crippen molar-refractivity contribution in [2.75, 3.05) is 12.3 Å². The molecule has 0 aliphatic carbocycles. The second-order valence-electron chi connectivity index (χ2n) is 4.49. The fourth-order valence-corrected chi connectivity index (χ4v) is 2.58. The molecule has 6 N–H and O–H groups in total. The number of rotatable bonds is 2. The monoisotopic (exact) mass is 299 g/mol. The van der Waals surface area contributed by atoms with Gasteiger partial charge in [0.05, 0.1) is 6.61 Å². The van der Waals surface area contributed by atoms with Gasteiger partial charge in [-0.1, -0.05) is 0 Å². The van der Waals surface area contributed by atoms with Crippen LogP contribution in [0, 0.1) is 4.77 Å². The van der Waals surface area contributed by atoms with Crippen molar-refractivity contribution in [3.8, 4) is 0 Å². The van der Waals surface area contributed by atoms with Crippen molar-refractivity contribution in [1.82, 2.24) is 19.5 Å². The van der Waals surface area contributed by atoms with Gasteiger partial charge in [0.2, 0.25) is 0 Å². The third-order valence-corrected chi connectivity index (χ3v) is 3.61.